The Morgan fingerprint density at radius 1 is 1.29 bits per heavy atom. The Labute approximate surface area is 131 Å². The molecule has 1 aromatic carbocycles. The molecule has 1 aliphatic heterocycles. The first kappa shape index (κ1) is 16.4. The highest BCUT2D eigenvalue weighted by atomic mass is 35.5. The van der Waals surface area contributed by atoms with Crippen molar-refractivity contribution in [3.8, 4) is 11.5 Å². The molecule has 1 N–H and O–H groups in total. The van der Waals surface area contributed by atoms with Crippen molar-refractivity contribution in [1.82, 2.24) is 5.32 Å². The molecule has 1 saturated heterocycles. The molecule has 0 bridgehead atoms. The number of hydrogen-bond acceptors (Lipinski definition) is 4. The van der Waals surface area contributed by atoms with E-state index in [4.69, 9.17) is 25.8 Å². The summed E-state index contributed by atoms with van der Waals surface area (Å²) in [4.78, 5) is 0. The van der Waals surface area contributed by atoms with Gasteiger partial charge in [0.05, 0.1) is 19.2 Å². The van der Waals surface area contributed by atoms with E-state index in [2.05, 4.69) is 12.2 Å². The summed E-state index contributed by atoms with van der Waals surface area (Å²) in [5, 5.41) is 4.16. The van der Waals surface area contributed by atoms with Crippen molar-refractivity contribution in [1.29, 1.82) is 0 Å². The Bertz CT molecular complexity index is 461. The fourth-order valence-corrected chi connectivity index (χ4v) is 3.24. The third-order valence-electron chi connectivity index (χ3n) is 3.98. The van der Waals surface area contributed by atoms with Crippen LogP contribution in [-0.4, -0.2) is 34.0 Å². The van der Waals surface area contributed by atoms with E-state index in [1.807, 2.05) is 12.1 Å². The number of hydrogen-bond donors (Lipinski definition) is 1. The monoisotopic (exact) mass is 313 g/mol. The highest BCUT2D eigenvalue weighted by Gasteiger charge is 2.26. The number of nitrogens with one attached hydrogen (secondary N) is 1. The zero-order valence-electron chi connectivity index (χ0n) is 12.9. The summed E-state index contributed by atoms with van der Waals surface area (Å²) in [6.07, 6.45) is 2.12. The Balaban J connectivity index is 2.32. The number of methoxy groups -OCH3 is 2. The Kier molecular flexibility index (Phi) is 6.15. The van der Waals surface area contributed by atoms with Gasteiger partial charge in [0.25, 0.3) is 0 Å². The standard InChI is InChI=1S/C16H24ClNO3/c1-4-18-15(11-5-7-21-8-6-11)12-9-13(17)16(20-3)14(10-12)19-2/h9-11,15,18H,4-8H2,1-3H3. The molecular weight excluding hydrogens is 290 g/mol. The average molecular weight is 314 g/mol. The largest absolute Gasteiger partial charge is 0.493 e. The number of ether oxygens (including phenoxy) is 3. The zero-order chi connectivity index (χ0) is 15.2. The van der Waals surface area contributed by atoms with Gasteiger partial charge in [-0.2, -0.15) is 0 Å². The first-order valence-electron chi connectivity index (χ1n) is 7.43. The number of benzene rings is 1. The van der Waals surface area contributed by atoms with Crippen LogP contribution in [0.25, 0.3) is 0 Å². The van der Waals surface area contributed by atoms with Crippen LogP contribution in [0.2, 0.25) is 5.02 Å². The summed E-state index contributed by atoms with van der Waals surface area (Å²) in [5.41, 5.74) is 1.14. The highest BCUT2D eigenvalue weighted by Crippen LogP contribution is 2.40. The normalized spacial score (nSPS) is 17.5. The van der Waals surface area contributed by atoms with Crippen LogP contribution in [0.1, 0.15) is 31.4 Å². The minimum atomic E-state index is 0.260. The molecule has 1 atom stereocenters. The molecule has 0 aliphatic carbocycles. The fourth-order valence-electron chi connectivity index (χ4n) is 2.94. The predicted molar refractivity (Wildman–Crippen MR) is 84.5 cm³/mol. The van der Waals surface area contributed by atoms with Crippen LogP contribution in [0.3, 0.4) is 0 Å². The van der Waals surface area contributed by atoms with Gasteiger partial charge in [-0.3, -0.25) is 0 Å². The molecule has 2 rings (SSSR count). The van der Waals surface area contributed by atoms with Crippen LogP contribution in [-0.2, 0) is 4.74 Å². The van der Waals surface area contributed by atoms with Crippen LogP contribution < -0.4 is 14.8 Å². The molecule has 1 unspecified atom stereocenters. The maximum absolute atomic E-state index is 6.34. The molecule has 0 saturated carbocycles. The van der Waals surface area contributed by atoms with Crippen LogP contribution >= 0.6 is 11.6 Å². The maximum atomic E-state index is 6.34. The third kappa shape index (κ3) is 3.82. The predicted octanol–water partition coefficient (Wildman–Crippen LogP) is 3.43. The Morgan fingerprint density at radius 3 is 2.57 bits per heavy atom. The zero-order valence-corrected chi connectivity index (χ0v) is 13.7. The van der Waals surface area contributed by atoms with Gasteiger partial charge < -0.3 is 19.5 Å². The van der Waals surface area contributed by atoms with Crippen molar-refractivity contribution in [3.63, 3.8) is 0 Å². The van der Waals surface area contributed by atoms with Crippen molar-refractivity contribution in [3.05, 3.63) is 22.7 Å². The molecule has 0 radical (unpaired) electrons. The van der Waals surface area contributed by atoms with Crippen molar-refractivity contribution in [2.45, 2.75) is 25.8 Å². The lowest BCUT2D eigenvalue weighted by atomic mass is 9.87. The SMILES string of the molecule is CCNC(c1cc(Cl)c(OC)c(OC)c1)C1CCOCC1. The van der Waals surface area contributed by atoms with E-state index in [0.29, 0.717) is 22.4 Å². The summed E-state index contributed by atoms with van der Waals surface area (Å²) >= 11 is 6.34. The van der Waals surface area contributed by atoms with E-state index in [0.717, 1.165) is 38.2 Å². The van der Waals surface area contributed by atoms with Gasteiger partial charge in [-0.15, -0.1) is 0 Å². The highest BCUT2D eigenvalue weighted by molar-refractivity contribution is 6.32. The minimum absolute atomic E-state index is 0.260. The molecule has 4 nitrogen and oxygen atoms in total. The molecule has 118 valence electrons. The first-order valence-corrected chi connectivity index (χ1v) is 7.81. The van der Waals surface area contributed by atoms with Gasteiger partial charge in [-0.05, 0) is 43.0 Å². The van der Waals surface area contributed by atoms with Gasteiger partial charge in [-0.1, -0.05) is 18.5 Å². The molecule has 5 heteroatoms. The second-order valence-corrected chi connectivity index (χ2v) is 5.63. The van der Waals surface area contributed by atoms with Gasteiger partial charge in [0.2, 0.25) is 0 Å². The summed E-state index contributed by atoms with van der Waals surface area (Å²) in [7, 11) is 3.23. The Morgan fingerprint density at radius 2 is 2.00 bits per heavy atom. The maximum Gasteiger partial charge on any atom is 0.179 e. The van der Waals surface area contributed by atoms with E-state index in [1.54, 1.807) is 14.2 Å². The van der Waals surface area contributed by atoms with Gasteiger partial charge in [-0.25, -0.2) is 0 Å². The second-order valence-electron chi connectivity index (χ2n) is 5.22. The molecule has 1 heterocycles. The van der Waals surface area contributed by atoms with E-state index >= 15 is 0 Å². The molecule has 21 heavy (non-hydrogen) atoms. The minimum Gasteiger partial charge on any atom is -0.493 e. The van der Waals surface area contributed by atoms with Gasteiger partial charge in [0, 0.05) is 19.3 Å². The van der Waals surface area contributed by atoms with Crippen molar-refractivity contribution in [2.24, 2.45) is 5.92 Å². The van der Waals surface area contributed by atoms with Gasteiger partial charge >= 0.3 is 0 Å². The average Bonchev–Trinajstić information content (AvgIpc) is 2.52. The van der Waals surface area contributed by atoms with Crippen LogP contribution in [0.4, 0.5) is 0 Å². The summed E-state index contributed by atoms with van der Waals surface area (Å²) in [6.45, 7) is 4.68. The third-order valence-corrected chi connectivity index (χ3v) is 4.26. The van der Waals surface area contributed by atoms with E-state index in [1.165, 1.54) is 0 Å². The lowest BCUT2D eigenvalue weighted by Crippen LogP contribution is -2.32. The summed E-state index contributed by atoms with van der Waals surface area (Å²) in [5.74, 6) is 1.81. The lowest BCUT2D eigenvalue weighted by Gasteiger charge is -2.31. The Hall–Kier alpha value is -0.970. The number of halogens is 1. The van der Waals surface area contributed by atoms with Crippen molar-refractivity contribution >= 4 is 11.6 Å². The van der Waals surface area contributed by atoms with E-state index in [9.17, 15) is 0 Å². The molecule has 1 fully saturated rings. The molecule has 0 amide bonds. The summed E-state index contributed by atoms with van der Waals surface area (Å²) in [6, 6.07) is 4.26. The van der Waals surface area contributed by atoms with Crippen LogP contribution in [0, 0.1) is 5.92 Å². The van der Waals surface area contributed by atoms with Crippen LogP contribution in [0.5, 0.6) is 11.5 Å². The smallest absolute Gasteiger partial charge is 0.179 e. The van der Waals surface area contributed by atoms with E-state index < -0.39 is 0 Å². The topological polar surface area (TPSA) is 39.7 Å². The summed E-state index contributed by atoms with van der Waals surface area (Å²) < 4.78 is 16.2. The van der Waals surface area contributed by atoms with E-state index in [-0.39, 0.29) is 6.04 Å². The fraction of sp³-hybridized carbons (Fsp3) is 0.625. The van der Waals surface area contributed by atoms with Crippen LogP contribution in [0.15, 0.2) is 12.1 Å². The molecule has 0 spiro atoms. The number of rotatable bonds is 6. The molecule has 0 aromatic heterocycles. The second kappa shape index (κ2) is 7.87. The molecular formula is C16H24ClNO3. The van der Waals surface area contributed by atoms with Crippen molar-refractivity contribution in [2.75, 3.05) is 34.0 Å². The molecule has 1 aliphatic rings. The first-order chi connectivity index (χ1) is 10.2. The van der Waals surface area contributed by atoms with Gasteiger partial charge in [0.1, 0.15) is 0 Å². The van der Waals surface area contributed by atoms with Gasteiger partial charge in [0.15, 0.2) is 11.5 Å². The quantitative estimate of drug-likeness (QED) is 0.873. The van der Waals surface area contributed by atoms with Crippen molar-refractivity contribution < 1.29 is 14.2 Å². The lowest BCUT2D eigenvalue weighted by molar-refractivity contribution is 0.0538. The molecule has 1 aromatic rings.